The highest BCUT2D eigenvalue weighted by Crippen LogP contribution is 2.48. The van der Waals surface area contributed by atoms with E-state index in [1.807, 2.05) is 6.07 Å². The number of rotatable bonds is 9. The molecule has 1 spiro atoms. The molecule has 2 atom stereocenters. The molecule has 8 rings (SSSR count). The largest absolute Gasteiger partial charge is 0.508 e. The quantitative estimate of drug-likeness (QED) is 0.204. The van der Waals surface area contributed by atoms with Crippen LogP contribution in [-0.4, -0.2) is 83.8 Å². The monoisotopic (exact) mass is 676 g/mol. The van der Waals surface area contributed by atoms with Gasteiger partial charge in [-0.25, -0.2) is 4.39 Å². The molecule has 3 aromatic rings. The predicted octanol–water partition coefficient (Wildman–Crippen LogP) is 5.41. The molecule has 0 radical (unpaired) electrons. The highest BCUT2D eigenvalue weighted by molar-refractivity contribution is 5.95. The Morgan fingerprint density at radius 2 is 1.88 bits per heavy atom. The number of fused-ring (bicyclic) bond motifs is 3. The van der Waals surface area contributed by atoms with Crippen LogP contribution in [0.15, 0.2) is 43.0 Å². The molecule has 1 saturated carbocycles. The number of carbonyl (C=O) groups is 1. The first kappa shape index (κ1) is 32.7. The minimum atomic E-state index is -0.537. The summed E-state index contributed by atoms with van der Waals surface area (Å²) in [5.41, 5.74) is 1.67. The molecule has 5 aliphatic rings. The standard InChI is InChI=1S/C40H45FN6O3/c1-3-5-7-26-20-29(48)21-33(30(26)4-2)31-10-11-32-35(34(31)41)44-38(45-36(32)47-22-27-8-9-28(23-47)43-27)50-25-39(13-14-39)24-46-18-15-40(16-19-46)12-6-17-42-37(40)49/h2-3,5,7,10-11,20-21,27-28,43,48H,1,6,8-9,12-19,22-25H2,(H,42,49)/b7-5-. The molecule has 50 heavy (non-hydrogen) atoms. The van der Waals surface area contributed by atoms with E-state index in [4.69, 9.17) is 21.1 Å². The van der Waals surface area contributed by atoms with Crippen LogP contribution in [0.25, 0.3) is 28.1 Å². The van der Waals surface area contributed by atoms with Crippen molar-refractivity contribution in [3.05, 3.63) is 59.9 Å². The first-order valence-electron chi connectivity index (χ1n) is 18.1. The van der Waals surface area contributed by atoms with Crippen LogP contribution in [0.1, 0.15) is 62.5 Å². The summed E-state index contributed by atoms with van der Waals surface area (Å²) in [6.07, 6.45) is 19.2. The molecule has 4 aliphatic heterocycles. The third kappa shape index (κ3) is 6.11. The molecule has 1 aromatic heterocycles. The summed E-state index contributed by atoms with van der Waals surface area (Å²) in [6, 6.07) is 7.51. The van der Waals surface area contributed by atoms with E-state index in [0.29, 0.717) is 46.6 Å². The number of benzene rings is 2. The summed E-state index contributed by atoms with van der Waals surface area (Å²) in [4.78, 5) is 27.1. The molecule has 2 bridgehead atoms. The second-order valence-corrected chi connectivity index (χ2v) is 15.1. The molecule has 4 saturated heterocycles. The van der Waals surface area contributed by atoms with Crippen molar-refractivity contribution < 1.29 is 19.0 Å². The van der Waals surface area contributed by atoms with E-state index < -0.39 is 5.82 Å². The number of nitrogens with one attached hydrogen (secondary N) is 2. The van der Waals surface area contributed by atoms with Gasteiger partial charge >= 0.3 is 6.01 Å². The van der Waals surface area contributed by atoms with Crippen LogP contribution in [0.5, 0.6) is 11.8 Å². The van der Waals surface area contributed by atoms with E-state index in [1.54, 1.807) is 30.4 Å². The fourth-order valence-electron chi connectivity index (χ4n) is 8.70. The number of phenols is 1. The SMILES string of the molecule is C#Cc1c(/C=C\C=C)cc(O)cc1-c1ccc2c(N3CC4CCC(C3)N4)nc(OCC3(CN4CCC5(CCCNC5=O)CC4)CC3)nc2c1F. The van der Waals surface area contributed by atoms with Crippen LogP contribution >= 0.6 is 0 Å². The lowest BCUT2D eigenvalue weighted by molar-refractivity contribution is -0.136. The Morgan fingerprint density at radius 3 is 2.58 bits per heavy atom. The fourth-order valence-corrected chi connectivity index (χ4v) is 8.70. The Balaban J connectivity index is 1.10. The summed E-state index contributed by atoms with van der Waals surface area (Å²) < 4.78 is 23.3. The zero-order valence-corrected chi connectivity index (χ0v) is 28.5. The highest BCUT2D eigenvalue weighted by Gasteiger charge is 2.48. The molecule has 10 heteroatoms. The average Bonchev–Trinajstić information content (AvgIpc) is 3.81. The van der Waals surface area contributed by atoms with E-state index in [2.05, 4.69) is 32.9 Å². The van der Waals surface area contributed by atoms with Gasteiger partial charge in [0.15, 0.2) is 5.82 Å². The van der Waals surface area contributed by atoms with Crippen LogP contribution in [0.4, 0.5) is 10.2 Å². The Kier molecular flexibility index (Phi) is 8.52. The maximum absolute atomic E-state index is 16.9. The van der Waals surface area contributed by atoms with Gasteiger partial charge in [0.2, 0.25) is 5.91 Å². The van der Waals surface area contributed by atoms with Gasteiger partial charge in [0.1, 0.15) is 17.1 Å². The number of hydrogen-bond acceptors (Lipinski definition) is 8. The van der Waals surface area contributed by atoms with E-state index >= 15 is 4.39 Å². The molecule has 9 nitrogen and oxygen atoms in total. The number of ether oxygens (including phenoxy) is 1. The summed E-state index contributed by atoms with van der Waals surface area (Å²) in [5.74, 6) is 3.05. The number of piperazine rings is 1. The van der Waals surface area contributed by atoms with Crippen molar-refractivity contribution in [1.82, 2.24) is 25.5 Å². The molecule has 2 aromatic carbocycles. The number of likely N-dealkylation sites (tertiary alicyclic amines) is 1. The van der Waals surface area contributed by atoms with E-state index in [0.717, 1.165) is 90.6 Å². The number of halogens is 1. The number of allylic oxidation sites excluding steroid dienone is 2. The molecule has 5 heterocycles. The second kappa shape index (κ2) is 13.0. The molecule has 3 N–H and O–H groups in total. The number of aromatic hydroxyl groups is 1. The van der Waals surface area contributed by atoms with E-state index in [9.17, 15) is 9.90 Å². The Labute approximate surface area is 293 Å². The zero-order chi connectivity index (χ0) is 34.5. The van der Waals surface area contributed by atoms with Crippen LogP contribution in [0, 0.1) is 29.0 Å². The average molecular weight is 677 g/mol. The summed E-state index contributed by atoms with van der Waals surface area (Å²) in [5, 5.41) is 18.0. The minimum Gasteiger partial charge on any atom is -0.508 e. The van der Waals surface area contributed by atoms with Crippen molar-refractivity contribution in [3.63, 3.8) is 0 Å². The van der Waals surface area contributed by atoms with Gasteiger partial charge < -0.3 is 30.3 Å². The van der Waals surface area contributed by atoms with Crippen molar-refractivity contribution >= 4 is 28.7 Å². The summed E-state index contributed by atoms with van der Waals surface area (Å²) in [7, 11) is 0. The van der Waals surface area contributed by atoms with Crippen molar-refractivity contribution in [3.8, 4) is 35.2 Å². The second-order valence-electron chi connectivity index (χ2n) is 15.1. The topological polar surface area (TPSA) is 103 Å². The number of nitrogens with zero attached hydrogens (tertiary/aromatic N) is 4. The maximum Gasteiger partial charge on any atom is 0.319 e. The molecular weight excluding hydrogens is 631 g/mol. The predicted molar refractivity (Wildman–Crippen MR) is 193 cm³/mol. The Morgan fingerprint density at radius 1 is 1.10 bits per heavy atom. The Hall–Kier alpha value is -4.46. The third-order valence-corrected chi connectivity index (χ3v) is 11.7. The van der Waals surface area contributed by atoms with Crippen molar-refractivity contribution in [1.29, 1.82) is 0 Å². The van der Waals surface area contributed by atoms with Gasteiger partial charge in [0.05, 0.1) is 12.0 Å². The minimum absolute atomic E-state index is 0.00896. The smallest absolute Gasteiger partial charge is 0.319 e. The van der Waals surface area contributed by atoms with Crippen molar-refractivity contribution in [2.45, 2.75) is 63.5 Å². The molecule has 260 valence electrons. The van der Waals surface area contributed by atoms with Crippen molar-refractivity contribution in [2.24, 2.45) is 10.8 Å². The molecule has 1 aliphatic carbocycles. The van der Waals surface area contributed by atoms with Gasteiger partial charge in [-0.05, 0) is 88.2 Å². The van der Waals surface area contributed by atoms with Gasteiger partial charge in [0, 0.05) is 65.8 Å². The Bertz CT molecular complexity index is 1900. The summed E-state index contributed by atoms with van der Waals surface area (Å²) >= 11 is 0. The normalized spacial score (nSPS) is 24.0. The number of carbonyl (C=O) groups excluding carboxylic acids is 1. The van der Waals surface area contributed by atoms with Crippen LogP contribution in [-0.2, 0) is 4.79 Å². The number of phenolic OH excluding ortho intramolecular Hbond substituents is 1. The number of piperidine rings is 2. The first-order chi connectivity index (χ1) is 24.3. The van der Waals surface area contributed by atoms with Gasteiger partial charge in [-0.15, -0.1) is 6.42 Å². The van der Waals surface area contributed by atoms with Gasteiger partial charge in [-0.1, -0.05) is 36.8 Å². The number of amides is 1. The van der Waals surface area contributed by atoms with Gasteiger partial charge in [0.25, 0.3) is 0 Å². The third-order valence-electron chi connectivity index (χ3n) is 11.7. The van der Waals surface area contributed by atoms with Crippen LogP contribution in [0.3, 0.4) is 0 Å². The number of aromatic nitrogens is 2. The zero-order valence-electron chi connectivity index (χ0n) is 28.5. The molecule has 1 amide bonds. The molecule has 2 unspecified atom stereocenters. The van der Waals surface area contributed by atoms with Gasteiger partial charge in [-0.3, -0.25) is 4.79 Å². The number of hydrogen-bond donors (Lipinski definition) is 3. The van der Waals surface area contributed by atoms with Crippen LogP contribution in [0.2, 0.25) is 0 Å². The summed E-state index contributed by atoms with van der Waals surface area (Å²) in [6.45, 7) is 9.23. The number of terminal acetylenes is 1. The van der Waals surface area contributed by atoms with Gasteiger partial charge in [-0.2, -0.15) is 9.97 Å². The molecular formula is C40H45FN6O3. The highest BCUT2D eigenvalue weighted by atomic mass is 19.1. The van der Waals surface area contributed by atoms with Crippen LogP contribution < -0.4 is 20.3 Å². The van der Waals surface area contributed by atoms with Crippen molar-refractivity contribution in [2.75, 3.05) is 50.8 Å². The number of anilines is 1. The lowest BCUT2D eigenvalue weighted by Crippen LogP contribution is -2.52. The lowest BCUT2D eigenvalue weighted by Gasteiger charge is -2.43. The van der Waals surface area contributed by atoms with E-state index in [1.165, 1.54) is 6.07 Å². The molecule has 5 fully saturated rings. The first-order valence-corrected chi connectivity index (χ1v) is 18.1. The fraction of sp³-hybridized carbons (Fsp3) is 0.475. The van der Waals surface area contributed by atoms with E-state index in [-0.39, 0.29) is 39.6 Å². The lowest BCUT2D eigenvalue weighted by atomic mass is 9.72. The maximum atomic E-state index is 16.9.